The zero-order valence-corrected chi connectivity index (χ0v) is 14.4. The first-order chi connectivity index (χ1) is 11.1. The molecular weight excluding hydrogens is 292 g/mol. The molecule has 2 rings (SSSR count). The highest BCUT2D eigenvalue weighted by atomic mass is 16.5. The Morgan fingerprint density at radius 3 is 2.78 bits per heavy atom. The molecule has 0 radical (unpaired) electrons. The van der Waals surface area contributed by atoms with Gasteiger partial charge in [0.25, 0.3) is 0 Å². The van der Waals surface area contributed by atoms with Crippen LogP contribution in [0.2, 0.25) is 0 Å². The SMILES string of the molecule is CCCCNc1c(C(=O)OC(C)CC)cnc2c1cnn2CC. The molecule has 0 aromatic carbocycles. The highest BCUT2D eigenvalue weighted by Crippen LogP contribution is 2.27. The predicted octanol–water partition coefficient (Wildman–Crippen LogP) is 3.62. The number of nitrogens with one attached hydrogen (secondary N) is 1. The van der Waals surface area contributed by atoms with E-state index >= 15 is 0 Å². The summed E-state index contributed by atoms with van der Waals surface area (Å²) in [6.07, 6.45) is 6.15. The van der Waals surface area contributed by atoms with Gasteiger partial charge < -0.3 is 10.1 Å². The Bertz CT molecular complexity index is 666. The van der Waals surface area contributed by atoms with Crippen LogP contribution in [0.5, 0.6) is 0 Å². The minimum absolute atomic E-state index is 0.111. The van der Waals surface area contributed by atoms with Crippen LogP contribution in [0.1, 0.15) is 57.3 Å². The van der Waals surface area contributed by atoms with Crippen LogP contribution in [0, 0.1) is 0 Å². The van der Waals surface area contributed by atoms with Gasteiger partial charge in [-0.2, -0.15) is 5.10 Å². The molecule has 0 amide bonds. The number of rotatable bonds is 8. The van der Waals surface area contributed by atoms with Crippen LogP contribution in [0.25, 0.3) is 11.0 Å². The molecule has 1 unspecified atom stereocenters. The van der Waals surface area contributed by atoms with E-state index in [-0.39, 0.29) is 12.1 Å². The van der Waals surface area contributed by atoms with Gasteiger partial charge in [0.1, 0.15) is 5.56 Å². The van der Waals surface area contributed by atoms with Crippen LogP contribution < -0.4 is 5.32 Å². The van der Waals surface area contributed by atoms with Crippen molar-refractivity contribution in [2.75, 3.05) is 11.9 Å². The molecular formula is C17H26N4O2. The number of pyridine rings is 1. The van der Waals surface area contributed by atoms with E-state index in [4.69, 9.17) is 4.74 Å². The molecule has 0 aliphatic carbocycles. The summed E-state index contributed by atoms with van der Waals surface area (Å²) < 4.78 is 7.29. The van der Waals surface area contributed by atoms with Crippen molar-refractivity contribution in [2.45, 2.75) is 59.6 Å². The third-order valence-corrected chi connectivity index (χ3v) is 3.90. The topological polar surface area (TPSA) is 69.0 Å². The second-order valence-electron chi connectivity index (χ2n) is 5.65. The van der Waals surface area contributed by atoms with Gasteiger partial charge >= 0.3 is 5.97 Å². The van der Waals surface area contributed by atoms with Crippen molar-refractivity contribution in [3.63, 3.8) is 0 Å². The van der Waals surface area contributed by atoms with Crippen molar-refractivity contribution in [1.29, 1.82) is 0 Å². The molecule has 1 atom stereocenters. The maximum absolute atomic E-state index is 12.5. The van der Waals surface area contributed by atoms with Gasteiger partial charge in [-0.1, -0.05) is 20.3 Å². The molecule has 2 heterocycles. The fraction of sp³-hybridized carbons (Fsp3) is 0.588. The Balaban J connectivity index is 2.41. The first kappa shape index (κ1) is 17.2. The van der Waals surface area contributed by atoms with E-state index in [9.17, 15) is 4.79 Å². The molecule has 0 aliphatic rings. The Hall–Kier alpha value is -2.11. The summed E-state index contributed by atoms with van der Waals surface area (Å²) in [4.78, 5) is 16.9. The number of ether oxygens (including phenoxy) is 1. The van der Waals surface area contributed by atoms with Crippen molar-refractivity contribution in [3.05, 3.63) is 18.0 Å². The van der Waals surface area contributed by atoms with E-state index in [0.29, 0.717) is 5.56 Å². The molecule has 2 aromatic heterocycles. The van der Waals surface area contributed by atoms with E-state index in [0.717, 1.165) is 49.1 Å². The lowest BCUT2D eigenvalue weighted by Crippen LogP contribution is -2.17. The zero-order chi connectivity index (χ0) is 16.8. The van der Waals surface area contributed by atoms with E-state index in [1.165, 1.54) is 0 Å². The lowest BCUT2D eigenvalue weighted by molar-refractivity contribution is 0.0335. The minimum atomic E-state index is -0.336. The highest BCUT2D eigenvalue weighted by molar-refractivity contribution is 6.04. The summed E-state index contributed by atoms with van der Waals surface area (Å²) in [6.45, 7) is 9.58. The number of unbranched alkanes of at least 4 members (excludes halogenated alkanes) is 1. The number of aryl methyl sites for hydroxylation is 1. The summed E-state index contributed by atoms with van der Waals surface area (Å²) in [5, 5.41) is 8.58. The van der Waals surface area contributed by atoms with Gasteiger partial charge in [-0.05, 0) is 26.7 Å². The molecule has 0 fully saturated rings. The maximum Gasteiger partial charge on any atom is 0.342 e. The summed E-state index contributed by atoms with van der Waals surface area (Å²) in [5.41, 5.74) is 2.03. The van der Waals surface area contributed by atoms with Crippen LogP contribution in [-0.2, 0) is 11.3 Å². The molecule has 0 spiro atoms. The molecule has 6 nitrogen and oxygen atoms in total. The Kier molecular flexibility index (Phi) is 5.96. The minimum Gasteiger partial charge on any atom is -0.459 e. The third kappa shape index (κ3) is 3.81. The van der Waals surface area contributed by atoms with E-state index in [1.807, 2.05) is 25.5 Å². The maximum atomic E-state index is 12.5. The number of hydrogen-bond acceptors (Lipinski definition) is 5. The molecule has 0 bridgehead atoms. The summed E-state index contributed by atoms with van der Waals surface area (Å²) in [5.74, 6) is -0.336. The van der Waals surface area contributed by atoms with Crippen LogP contribution in [0.15, 0.2) is 12.4 Å². The van der Waals surface area contributed by atoms with E-state index in [2.05, 4.69) is 22.3 Å². The number of esters is 1. The monoisotopic (exact) mass is 318 g/mol. The third-order valence-electron chi connectivity index (χ3n) is 3.90. The van der Waals surface area contributed by atoms with Crippen molar-refractivity contribution in [1.82, 2.24) is 14.8 Å². The fourth-order valence-electron chi connectivity index (χ4n) is 2.32. The van der Waals surface area contributed by atoms with Gasteiger partial charge in [-0.15, -0.1) is 0 Å². The molecule has 1 N–H and O–H groups in total. The van der Waals surface area contributed by atoms with Crippen LogP contribution in [0.3, 0.4) is 0 Å². The van der Waals surface area contributed by atoms with Crippen molar-refractivity contribution >= 4 is 22.7 Å². The number of hydrogen-bond donors (Lipinski definition) is 1. The van der Waals surface area contributed by atoms with Gasteiger partial charge in [0.2, 0.25) is 0 Å². The second-order valence-corrected chi connectivity index (χ2v) is 5.65. The van der Waals surface area contributed by atoms with Crippen molar-refractivity contribution < 1.29 is 9.53 Å². The standard InChI is InChI=1S/C17H26N4O2/c1-5-8-9-18-15-13-11-20-21(7-3)16(13)19-10-14(15)17(22)23-12(4)6-2/h10-12H,5-9H2,1-4H3,(H,18,19). The van der Waals surface area contributed by atoms with Crippen LogP contribution in [0.4, 0.5) is 5.69 Å². The highest BCUT2D eigenvalue weighted by Gasteiger charge is 2.20. The summed E-state index contributed by atoms with van der Waals surface area (Å²) >= 11 is 0. The zero-order valence-electron chi connectivity index (χ0n) is 14.4. The summed E-state index contributed by atoms with van der Waals surface area (Å²) in [7, 11) is 0. The number of anilines is 1. The average Bonchev–Trinajstić information content (AvgIpc) is 2.98. The molecule has 6 heteroatoms. The molecule has 2 aromatic rings. The van der Waals surface area contributed by atoms with Gasteiger partial charge in [0.05, 0.1) is 23.4 Å². The van der Waals surface area contributed by atoms with Gasteiger partial charge in [-0.3, -0.25) is 0 Å². The lowest BCUT2D eigenvalue weighted by Gasteiger charge is -2.15. The summed E-state index contributed by atoms with van der Waals surface area (Å²) in [6, 6.07) is 0. The van der Waals surface area contributed by atoms with E-state index in [1.54, 1.807) is 12.4 Å². The molecule has 126 valence electrons. The molecule has 0 saturated heterocycles. The molecule has 0 saturated carbocycles. The van der Waals surface area contributed by atoms with Crippen LogP contribution >= 0.6 is 0 Å². The number of nitrogens with zero attached hydrogens (tertiary/aromatic N) is 3. The number of aromatic nitrogens is 3. The Morgan fingerprint density at radius 1 is 1.35 bits per heavy atom. The molecule has 23 heavy (non-hydrogen) atoms. The van der Waals surface area contributed by atoms with Crippen LogP contribution in [-0.4, -0.2) is 33.4 Å². The Labute approximate surface area is 137 Å². The fourth-order valence-corrected chi connectivity index (χ4v) is 2.32. The first-order valence-electron chi connectivity index (χ1n) is 8.41. The van der Waals surface area contributed by atoms with Crippen molar-refractivity contribution in [3.8, 4) is 0 Å². The molecule has 0 aliphatic heterocycles. The number of fused-ring (bicyclic) bond motifs is 1. The quantitative estimate of drug-likeness (QED) is 0.594. The average molecular weight is 318 g/mol. The normalized spacial score (nSPS) is 12.3. The lowest BCUT2D eigenvalue weighted by atomic mass is 10.1. The number of carbonyl (C=O) groups excluding carboxylic acids is 1. The second kappa shape index (κ2) is 7.94. The van der Waals surface area contributed by atoms with E-state index < -0.39 is 0 Å². The largest absolute Gasteiger partial charge is 0.459 e. The first-order valence-corrected chi connectivity index (χ1v) is 8.41. The smallest absolute Gasteiger partial charge is 0.342 e. The van der Waals surface area contributed by atoms with Gasteiger partial charge in [-0.25, -0.2) is 14.5 Å². The van der Waals surface area contributed by atoms with Crippen molar-refractivity contribution in [2.24, 2.45) is 0 Å². The number of carbonyl (C=O) groups is 1. The van der Waals surface area contributed by atoms with Gasteiger partial charge in [0.15, 0.2) is 5.65 Å². The Morgan fingerprint density at radius 2 is 2.13 bits per heavy atom. The predicted molar refractivity (Wildman–Crippen MR) is 91.8 cm³/mol. The van der Waals surface area contributed by atoms with Gasteiger partial charge in [0, 0.05) is 19.3 Å².